The fourth-order valence-electron chi connectivity index (χ4n) is 1.81. The van der Waals surface area contributed by atoms with Gasteiger partial charge in [-0.15, -0.1) is 0 Å². The van der Waals surface area contributed by atoms with E-state index in [1.165, 1.54) is 0 Å². The average molecular weight is 325 g/mol. The molecule has 0 atom stereocenters. The second-order valence-electron chi connectivity index (χ2n) is 3.98. The van der Waals surface area contributed by atoms with Crippen LogP contribution in [0.1, 0.15) is 11.5 Å². The van der Waals surface area contributed by atoms with E-state index in [-0.39, 0.29) is 0 Å². The van der Waals surface area contributed by atoms with Crippen LogP contribution in [0.15, 0.2) is 27.3 Å². The number of halogens is 1. The summed E-state index contributed by atoms with van der Waals surface area (Å²) >= 11 is 8.67. The van der Waals surface area contributed by atoms with Gasteiger partial charge in [-0.25, -0.2) is 4.98 Å². The standard InChI is InChI=1S/C11H9BrN4OS/c1-6-2-8(17-15-6)5-16-10-9(14-11(16)18)3-7(12)4-13-10/h2-4H,5H2,1H3,(H,14,18). The Hall–Kier alpha value is -1.47. The largest absolute Gasteiger partial charge is 0.359 e. The molecule has 0 spiro atoms. The second kappa shape index (κ2) is 4.33. The third kappa shape index (κ3) is 1.99. The predicted octanol–water partition coefficient (Wildman–Crippen LogP) is 3.20. The van der Waals surface area contributed by atoms with Crippen LogP contribution in [0.5, 0.6) is 0 Å². The Labute approximate surface area is 116 Å². The molecule has 7 heteroatoms. The molecule has 0 amide bonds. The summed E-state index contributed by atoms with van der Waals surface area (Å²) in [5.41, 5.74) is 2.55. The zero-order valence-electron chi connectivity index (χ0n) is 9.48. The van der Waals surface area contributed by atoms with Crippen LogP contribution in [0.25, 0.3) is 11.2 Å². The lowest BCUT2D eigenvalue weighted by atomic mass is 10.4. The van der Waals surface area contributed by atoms with E-state index in [0.29, 0.717) is 11.3 Å². The summed E-state index contributed by atoms with van der Waals surface area (Å²) in [4.78, 5) is 7.48. The number of nitrogens with zero attached hydrogens (tertiary/aromatic N) is 3. The Kier molecular flexibility index (Phi) is 2.79. The number of nitrogens with one attached hydrogen (secondary N) is 1. The maximum Gasteiger partial charge on any atom is 0.179 e. The highest BCUT2D eigenvalue weighted by atomic mass is 79.9. The number of imidazole rings is 1. The van der Waals surface area contributed by atoms with Gasteiger partial charge in [-0.05, 0) is 41.1 Å². The molecule has 0 unspecified atom stereocenters. The van der Waals surface area contributed by atoms with E-state index in [9.17, 15) is 0 Å². The molecular formula is C11H9BrN4OS. The van der Waals surface area contributed by atoms with Crippen LogP contribution in [-0.4, -0.2) is 19.7 Å². The Morgan fingerprint density at radius 3 is 3.06 bits per heavy atom. The van der Waals surface area contributed by atoms with Gasteiger partial charge in [-0.3, -0.25) is 4.57 Å². The van der Waals surface area contributed by atoms with Gasteiger partial charge in [0, 0.05) is 16.7 Å². The van der Waals surface area contributed by atoms with Crippen LogP contribution in [0.4, 0.5) is 0 Å². The minimum Gasteiger partial charge on any atom is -0.359 e. The predicted molar refractivity (Wildman–Crippen MR) is 73.0 cm³/mol. The van der Waals surface area contributed by atoms with Gasteiger partial charge < -0.3 is 9.51 Å². The molecule has 0 aliphatic carbocycles. The maximum absolute atomic E-state index is 5.29. The fourth-order valence-corrected chi connectivity index (χ4v) is 2.40. The van der Waals surface area contributed by atoms with Gasteiger partial charge in [0.15, 0.2) is 16.2 Å². The normalized spacial score (nSPS) is 11.2. The van der Waals surface area contributed by atoms with Crippen molar-refractivity contribution in [1.29, 1.82) is 0 Å². The Morgan fingerprint density at radius 1 is 1.50 bits per heavy atom. The van der Waals surface area contributed by atoms with Gasteiger partial charge in [0.05, 0.1) is 17.8 Å². The van der Waals surface area contributed by atoms with Gasteiger partial charge in [-0.2, -0.15) is 0 Å². The molecule has 0 bridgehead atoms. The third-order valence-electron chi connectivity index (χ3n) is 2.57. The van der Waals surface area contributed by atoms with Crippen LogP contribution < -0.4 is 0 Å². The lowest BCUT2D eigenvalue weighted by Gasteiger charge is -1.99. The minimum absolute atomic E-state index is 0.522. The van der Waals surface area contributed by atoms with E-state index in [4.69, 9.17) is 16.7 Å². The molecule has 0 saturated carbocycles. The van der Waals surface area contributed by atoms with Crippen molar-refractivity contribution in [2.75, 3.05) is 0 Å². The highest BCUT2D eigenvalue weighted by Crippen LogP contribution is 2.18. The second-order valence-corrected chi connectivity index (χ2v) is 5.28. The number of H-pyrrole nitrogens is 1. The van der Waals surface area contributed by atoms with Gasteiger partial charge in [0.2, 0.25) is 0 Å². The Morgan fingerprint density at radius 2 is 2.33 bits per heavy atom. The summed E-state index contributed by atoms with van der Waals surface area (Å²) < 4.78 is 8.61. The number of fused-ring (bicyclic) bond motifs is 1. The fraction of sp³-hybridized carbons (Fsp3) is 0.182. The van der Waals surface area contributed by atoms with Crippen LogP contribution in [0.2, 0.25) is 0 Å². The first-order valence-electron chi connectivity index (χ1n) is 5.30. The first-order chi connectivity index (χ1) is 8.63. The van der Waals surface area contributed by atoms with Crippen molar-refractivity contribution in [3.05, 3.63) is 39.0 Å². The van der Waals surface area contributed by atoms with Gasteiger partial charge in [0.1, 0.15) is 0 Å². The van der Waals surface area contributed by atoms with Crippen molar-refractivity contribution in [3.63, 3.8) is 0 Å². The molecule has 92 valence electrons. The third-order valence-corrected chi connectivity index (χ3v) is 3.32. The molecule has 0 aliphatic heterocycles. The van der Waals surface area contributed by atoms with E-state index in [2.05, 4.69) is 31.1 Å². The van der Waals surface area contributed by atoms with Crippen molar-refractivity contribution < 1.29 is 4.52 Å². The maximum atomic E-state index is 5.29. The molecule has 3 aromatic heterocycles. The molecule has 5 nitrogen and oxygen atoms in total. The van der Waals surface area contributed by atoms with Crippen LogP contribution in [0.3, 0.4) is 0 Å². The summed E-state index contributed by atoms with van der Waals surface area (Å²) in [5, 5.41) is 3.86. The van der Waals surface area contributed by atoms with Crippen molar-refractivity contribution in [2.24, 2.45) is 0 Å². The van der Waals surface area contributed by atoms with E-state index >= 15 is 0 Å². The molecule has 18 heavy (non-hydrogen) atoms. The molecule has 1 N–H and O–H groups in total. The summed E-state index contributed by atoms with van der Waals surface area (Å²) in [6.45, 7) is 2.41. The zero-order valence-corrected chi connectivity index (χ0v) is 11.9. The highest BCUT2D eigenvalue weighted by molar-refractivity contribution is 9.10. The number of rotatable bonds is 2. The van der Waals surface area contributed by atoms with Gasteiger partial charge in [0.25, 0.3) is 0 Å². The molecule has 3 heterocycles. The van der Waals surface area contributed by atoms with Crippen LogP contribution >= 0.6 is 28.1 Å². The van der Waals surface area contributed by atoms with Crippen molar-refractivity contribution in [2.45, 2.75) is 13.5 Å². The molecular weight excluding hydrogens is 316 g/mol. The van der Waals surface area contributed by atoms with E-state index in [0.717, 1.165) is 27.1 Å². The number of pyridine rings is 1. The van der Waals surface area contributed by atoms with Crippen molar-refractivity contribution in [3.8, 4) is 0 Å². The van der Waals surface area contributed by atoms with Crippen molar-refractivity contribution >= 4 is 39.3 Å². The molecule has 0 saturated heterocycles. The first-order valence-corrected chi connectivity index (χ1v) is 6.50. The van der Waals surface area contributed by atoms with Gasteiger partial charge >= 0.3 is 0 Å². The van der Waals surface area contributed by atoms with Gasteiger partial charge in [-0.1, -0.05) is 5.16 Å². The number of aryl methyl sites for hydroxylation is 1. The number of aromatic amines is 1. The summed E-state index contributed by atoms with van der Waals surface area (Å²) in [6.07, 6.45) is 1.74. The SMILES string of the molecule is Cc1cc(Cn2c(=S)[nH]c3cc(Br)cnc32)on1. The Balaban J connectivity index is 2.11. The number of aromatic nitrogens is 4. The quantitative estimate of drug-likeness (QED) is 0.735. The van der Waals surface area contributed by atoms with Crippen LogP contribution in [-0.2, 0) is 6.54 Å². The summed E-state index contributed by atoms with van der Waals surface area (Å²) in [5.74, 6) is 0.759. The molecule has 0 radical (unpaired) electrons. The highest BCUT2D eigenvalue weighted by Gasteiger charge is 2.09. The molecule has 0 fully saturated rings. The number of hydrogen-bond acceptors (Lipinski definition) is 4. The molecule has 0 aliphatic rings. The average Bonchev–Trinajstić information content (AvgIpc) is 2.84. The summed E-state index contributed by atoms with van der Waals surface area (Å²) in [7, 11) is 0. The zero-order chi connectivity index (χ0) is 12.7. The lowest BCUT2D eigenvalue weighted by Crippen LogP contribution is -1.99. The molecule has 3 rings (SSSR count). The van der Waals surface area contributed by atoms with E-state index in [1.807, 2.05) is 23.6 Å². The first kappa shape index (κ1) is 11.6. The monoisotopic (exact) mass is 324 g/mol. The van der Waals surface area contributed by atoms with E-state index in [1.54, 1.807) is 6.20 Å². The van der Waals surface area contributed by atoms with Crippen molar-refractivity contribution in [1.82, 2.24) is 19.7 Å². The van der Waals surface area contributed by atoms with E-state index < -0.39 is 0 Å². The molecule has 3 aromatic rings. The molecule has 0 aromatic carbocycles. The smallest absolute Gasteiger partial charge is 0.179 e. The number of hydrogen-bond donors (Lipinski definition) is 1. The van der Waals surface area contributed by atoms with Crippen LogP contribution in [0, 0.1) is 11.7 Å². The topological polar surface area (TPSA) is 59.6 Å². The lowest BCUT2D eigenvalue weighted by molar-refractivity contribution is 0.373. The minimum atomic E-state index is 0.522. The Bertz CT molecular complexity index is 773. The summed E-state index contributed by atoms with van der Waals surface area (Å²) in [6, 6.07) is 3.83.